The zero-order valence-electron chi connectivity index (χ0n) is 9.54. The lowest BCUT2D eigenvalue weighted by molar-refractivity contribution is -0.389. The number of halogens is 1. The molecule has 7 heteroatoms. The van der Waals surface area contributed by atoms with Gasteiger partial charge in [0.1, 0.15) is 11.6 Å². The van der Waals surface area contributed by atoms with E-state index in [-0.39, 0.29) is 12.5 Å². The Hall–Kier alpha value is -2.44. The average Bonchev–Trinajstić information content (AvgIpc) is 2.68. The van der Waals surface area contributed by atoms with Gasteiger partial charge in [0.2, 0.25) is 6.73 Å². The summed E-state index contributed by atoms with van der Waals surface area (Å²) in [5.41, 5.74) is 0.595. The number of hydrogen-bond donors (Lipinski definition) is 0. The highest BCUT2D eigenvalue weighted by atomic mass is 19.1. The SMILES string of the molecule is Cc1cc([N+](=O)[O-])nn1COc1cccc(F)c1. The van der Waals surface area contributed by atoms with E-state index in [0.717, 1.165) is 0 Å². The smallest absolute Gasteiger partial charge is 0.390 e. The third-order valence-electron chi connectivity index (χ3n) is 2.30. The van der Waals surface area contributed by atoms with Crippen molar-refractivity contribution >= 4 is 5.82 Å². The van der Waals surface area contributed by atoms with Gasteiger partial charge in [-0.1, -0.05) is 6.07 Å². The molecule has 0 amide bonds. The molecule has 2 rings (SSSR count). The van der Waals surface area contributed by atoms with E-state index in [1.54, 1.807) is 13.0 Å². The molecule has 6 nitrogen and oxygen atoms in total. The van der Waals surface area contributed by atoms with Gasteiger partial charge in [0.25, 0.3) is 0 Å². The van der Waals surface area contributed by atoms with Gasteiger partial charge in [-0.15, -0.1) is 4.68 Å². The van der Waals surface area contributed by atoms with E-state index in [1.165, 1.54) is 28.9 Å². The van der Waals surface area contributed by atoms with Crippen molar-refractivity contribution in [2.24, 2.45) is 0 Å². The van der Waals surface area contributed by atoms with Crippen LogP contribution >= 0.6 is 0 Å². The van der Waals surface area contributed by atoms with Crippen molar-refractivity contribution in [1.82, 2.24) is 9.78 Å². The van der Waals surface area contributed by atoms with Crippen LogP contribution in [0, 0.1) is 22.9 Å². The molecule has 0 spiro atoms. The summed E-state index contributed by atoms with van der Waals surface area (Å²) >= 11 is 0. The van der Waals surface area contributed by atoms with Gasteiger partial charge < -0.3 is 14.9 Å². The molecule has 0 bridgehead atoms. The van der Waals surface area contributed by atoms with E-state index in [1.807, 2.05) is 0 Å². The van der Waals surface area contributed by atoms with E-state index in [0.29, 0.717) is 11.4 Å². The second kappa shape index (κ2) is 4.82. The minimum Gasteiger partial charge on any atom is -0.469 e. The summed E-state index contributed by atoms with van der Waals surface area (Å²) in [6.45, 7) is 1.66. The van der Waals surface area contributed by atoms with Crippen molar-refractivity contribution in [2.45, 2.75) is 13.7 Å². The number of benzene rings is 1. The molecule has 0 saturated carbocycles. The molecule has 0 fully saturated rings. The second-order valence-electron chi connectivity index (χ2n) is 3.63. The molecule has 0 atom stereocenters. The predicted molar refractivity (Wildman–Crippen MR) is 60.6 cm³/mol. The average molecular weight is 251 g/mol. The summed E-state index contributed by atoms with van der Waals surface area (Å²) in [5.74, 6) is -0.307. The fourth-order valence-corrected chi connectivity index (χ4v) is 1.41. The molecule has 0 saturated heterocycles. The normalized spacial score (nSPS) is 10.3. The van der Waals surface area contributed by atoms with E-state index in [2.05, 4.69) is 5.10 Å². The van der Waals surface area contributed by atoms with E-state index in [4.69, 9.17) is 4.74 Å². The van der Waals surface area contributed by atoms with Crippen molar-refractivity contribution < 1.29 is 14.1 Å². The van der Waals surface area contributed by atoms with Gasteiger partial charge >= 0.3 is 5.82 Å². The minimum atomic E-state index is -0.578. The molecule has 94 valence electrons. The zero-order chi connectivity index (χ0) is 13.1. The fraction of sp³-hybridized carbons (Fsp3) is 0.182. The van der Waals surface area contributed by atoms with Gasteiger partial charge in [0, 0.05) is 6.07 Å². The maximum absolute atomic E-state index is 12.9. The predicted octanol–water partition coefficient (Wildman–Crippen LogP) is 2.28. The molecule has 0 aliphatic heterocycles. The Labute approximate surface area is 102 Å². The second-order valence-corrected chi connectivity index (χ2v) is 3.63. The van der Waals surface area contributed by atoms with Crippen LogP contribution < -0.4 is 4.74 Å². The van der Waals surface area contributed by atoms with Crippen LogP contribution in [-0.2, 0) is 6.73 Å². The Morgan fingerprint density at radius 2 is 2.28 bits per heavy atom. The monoisotopic (exact) mass is 251 g/mol. The third kappa shape index (κ3) is 2.62. The summed E-state index contributed by atoms with van der Waals surface area (Å²) in [6.07, 6.45) is 0. The first kappa shape index (κ1) is 12.0. The number of nitrogens with zero attached hydrogens (tertiary/aromatic N) is 3. The molecule has 18 heavy (non-hydrogen) atoms. The molecule has 0 aliphatic carbocycles. The first-order valence-electron chi connectivity index (χ1n) is 5.13. The lowest BCUT2D eigenvalue weighted by Gasteiger charge is -2.04. The first-order valence-corrected chi connectivity index (χ1v) is 5.13. The number of rotatable bonds is 4. The van der Waals surface area contributed by atoms with Gasteiger partial charge in [-0.2, -0.15) is 0 Å². The van der Waals surface area contributed by atoms with Crippen molar-refractivity contribution in [3.8, 4) is 5.75 Å². The van der Waals surface area contributed by atoms with E-state index >= 15 is 0 Å². The molecule has 0 radical (unpaired) electrons. The Kier molecular flexibility index (Phi) is 3.22. The lowest BCUT2D eigenvalue weighted by atomic mass is 10.3. The number of nitro groups is 1. The van der Waals surface area contributed by atoms with Crippen LogP contribution in [0.25, 0.3) is 0 Å². The van der Waals surface area contributed by atoms with Crippen LogP contribution in [0.2, 0.25) is 0 Å². The Balaban J connectivity index is 2.08. The van der Waals surface area contributed by atoms with Crippen LogP contribution in [0.4, 0.5) is 10.2 Å². The quantitative estimate of drug-likeness (QED) is 0.617. The standard InChI is InChI=1S/C11H10FN3O3/c1-8-5-11(15(16)17)13-14(8)7-18-10-4-2-3-9(12)6-10/h2-6H,7H2,1H3. The number of aromatic nitrogens is 2. The molecule has 0 aliphatic rings. The summed E-state index contributed by atoms with van der Waals surface area (Å²) in [7, 11) is 0. The molecular weight excluding hydrogens is 241 g/mol. The summed E-state index contributed by atoms with van der Waals surface area (Å²) in [4.78, 5) is 9.95. The maximum atomic E-state index is 12.9. The van der Waals surface area contributed by atoms with Crippen LogP contribution in [0.15, 0.2) is 30.3 Å². The van der Waals surface area contributed by atoms with Crippen molar-refractivity contribution in [1.29, 1.82) is 0 Å². The van der Waals surface area contributed by atoms with Gasteiger partial charge in [0.15, 0.2) is 0 Å². The third-order valence-corrected chi connectivity index (χ3v) is 2.30. The summed E-state index contributed by atoms with van der Waals surface area (Å²) < 4.78 is 19.5. The number of hydrogen-bond acceptors (Lipinski definition) is 4. The maximum Gasteiger partial charge on any atom is 0.390 e. The van der Waals surface area contributed by atoms with Gasteiger partial charge in [-0.05, 0) is 24.0 Å². The zero-order valence-corrected chi connectivity index (χ0v) is 9.54. The molecule has 0 unspecified atom stereocenters. The number of aryl methyl sites for hydroxylation is 1. The van der Waals surface area contributed by atoms with Crippen LogP contribution in [0.5, 0.6) is 5.75 Å². The highest BCUT2D eigenvalue weighted by molar-refractivity contribution is 5.23. The number of ether oxygens (including phenoxy) is 1. The van der Waals surface area contributed by atoms with Crippen LogP contribution in [-0.4, -0.2) is 14.7 Å². The van der Waals surface area contributed by atoms with Gasteiger partial charge in [0.05, 0.1) is 16.9 Å². The Morgan fingerprint density at radius 3 is 2.89 bits per heavy atom. The van der Waals surface area contributed by atoms with Crippen molar-refractivity contribution in [2.75, 3.05) is 0 Å². The van der Waals surface area contributed by atoms with Crippen molar-refractivity contribution in [3.63, 3.8) is 0 Å². The molecule has 1 aromatic heterocycles. The Morgan fingerprint density at radius 1 is 1.50 bits per heavy atom. The largest absolute Gasteiger partial charge is 0.469 e. The summed E-state index contributed by atoms with van der Waals surface area (Å²) in [6, 6.07) is 6.98. The van der Waals surface area contributed by atoms with Crippen molar-refractivity contribution in [3.05, 3.63) is 52.0 Å². The van der Waals surface area contributed by atoms with Crippen LogP contribution in [0.3, 0.4) is 0 Å². The Bertz CT molecular complexity index is 583. The molecular formula is C11H10FN3O3. The summed E-state index contributed by atoms with van der Waals surface area (Å²) in [5, 5.41) is 14.3. The highest BCUT2D eigenvalue weighted by Crippen LogP contribution is 2.14. The molecule has 0 N–H and O–H groups in total. The topological polar surface area (TPSA) is 70.2 Å². The van der Waals surface area contributed by atoms with E-state index < -0.39 is 10.7 Å². The molecule has 1 aromatic carbocycles. The minimum absolute atomic E-state index is 0.0108. The first-order chi connectivity index (χ1) is 8.56. The fourth-order valence-electron chi connectivity index (χ4n) is 1.41. The van der Waals surface area contributed by atoms with Crippen LogP contribution in [0.1, 0.15) is 5.69 Å². The van der Waals surface area contributed by atoms with Gasteiger partial charge in [-0.3, -0.25) is 0 Å². The van der Waals surface area contributed by atoms with Gasteiger partial charge in [-0.25, -0.2) is 4.39 Å². The lowest BCUT2D eigenvalue weighted by Crippen LogP contribution is -2.08. The molecule has 2 aromatic rings. The van der Waals surface area contributed by atoms with E-state index in [9.17, 15) is 14.5 Å². The highest BCUT2D eigenvalue weighted by Gasteiger charge is 2.15. The molecule has 1 heterocycles.